The molecule has 0 spiro atoms. The number of benzene rings is 2. The molecule has 158 valence electrons. The van der Waals surface area contributed by atoms with Gasteiger partial charge in [-0.3, -0.25) is 9.36 Å². The number of fused-ring (bicyclic) bond motifs is 1. The van der Waals surface area contributed by atoms with Crippen LogP contribution in [0.1, 0.15) is 5.56 Å². The largest absolute Gasteiger partial charge is 0.497 e. The highest BCUT2D eigenvalue weighted by molar-refractivity contribution is 5.83. The summed E-state index contributed by atoms with van der Waals surface area (Å²) in [6, 6.07) is 16.4. The van der Waals surface area contributed by atoms with Crippen LogP contribution in [0, 0.1) is 0 Å². The van der Waals surface area contributed by atoms with Crippen LogP contribution in [0.4, 0.5) is 13.2 Å². The highest BCUT2D eigenvalue weighted by atomic mass is 19.4. The van der Waals surface area contributed by atoms with Crippen molar-refractivity contribution in [3.05, 3.63) is 82.6 Å². The zero-order valence-corrected chi connectivity index (χ0v) is 16.6. The summed E-state index contributed by atoms with van der Waals surface area (Å²) >= 11 is 0. The molecule has 0 bridgehead atoms. The second-order valence-electron chi connectivity index (χ2n) is 6.74. The summed E-state index contributed by atoms with van der Waals surface area (Å²) in [5.41, 5.74) is 0.343. The maximum Gasteiger partial charge on any atom is 0.416 e. The van der Waals surface area contributed by atoms with Gasteiger partial charge in [0.1, 0.15) is 5.75 Å². The van der Waals surface area contributed by atoms with Gasteiger partial charge < -0.3 is 9.47 Å². The molecule has 0 saturated carbocycles. The van der Waals surface area contributed by atoms with Crippen molar-refractivity contribution in [3.8, 4) is 28.4 Å². The van der Waals surface area contributed by atoms with Crippen molar-refractivity contribution in [1.82, 2.24) is 9.55 Å². The fraction of sp³-hybridized carbons (Fsp3) is 0.130. The molecule has 4 aromatic rings. The van der Waals surface area contributed by atoms with Crippen LogP contribution in [0.5, 0.6) is 11.6 Å². The Morgan fingerprint density at radius 2 is 1.55 bits per heavy atom. The zero-order valence-electron chi connectivity index (χ0n) is 16.6. The van der Waals surface area contributed by atoms with E-state index in [0.29, 0.717) is 22.3 Å². The van der Waals surface area contributed by atoms with Crippen molar-refractivity contribution >= 4 is 11.0 Å². The van der Waals surface area contributed by atoms with Gasteiger partial charge in [-0.1, -0.05) is 12.1 Å². The summed E-state index contributed by atoms with van der Waals surface area (Å²) in [7, 11) is 2.99. The molecule has 8 heteroatoms. The number of aromatic nitrogens is 2. The molecule has 2 aromatic carbocycles. The first-order valence-corrected chi connectivity index (χ1v) is 9.24. The van der Waals surface area contributed by atoms with Gasteiger partial charge in [0, 0.05) is 17.0 Å². The van der Waals surface area contributed by atoms with Gasteiger partial charge >= 0.3 is 6.18 Å². The zero-order chi connectivity index (χ0) is 22.2. The average Bonchev–Trinajstić information content (AvgIpc) is 2.78. The van der Waals surface area contributed by atoms with Gasteiger partial charge in [0.25, 0.3) is 5.56 Å². The van der Waals surface area contributed by atoms with Crippen LogP contribution in [0.3, 0.4) is 0 Å². The van der Waals surface area contributed by atoms with E-state index in [9.17, 15) is 18.0 Å². The molecule has 0 aliphatic rings. The maximum absolute atomic E-state index is 13.4. The molecule has 0 radical (unpaired) electrons. The van der Waals surface area contributed by atoms with Crippen LogP contribution in [-0.4, -0.2) is 23.8 Å². The minimum Gasteiger partial charge on any atom is -0.497 e. The van der Waals surface area contributed by atoms with E-state index < -0.39 is 17.3 Å². The number of halogens is 3. The van der Waals surface area contributed by atoms with Gasteiger partial charge in [-0.05, 0) is 54.1 Å². The third kappa shape index (κ3) is 3.84. The van der Waals surface area contributed by atoms with Crippen LogP contribution in [0.2, 0.25) is 0 Å². The second-order valence-corrected chi connectivity index (χ2v) is 6.74. The van der Waals surface area contributed by atoms with E-state index >= 15 is 0 Å². The van der Waals surface area contributed by atoms with Crippen LogP contribution in [0.25, 0.3) is 27.8 Å². The highest BCUT2D eigenvalue weighted by Crippen LogP contribution is 2.30. The van der Waals surface area contributed by atoms with Crippen LogP contribution in [-0.2, 0) is 6.18 Å². The molecular formula is C23H17F3N2O3. The second kappa shape index (κ2) is 7.79. The molecule has 0 unspecified atom stereocenters. The Labute approximate surface area is 175 Å². The molecule has 0 atom stereocenters. The van der Waals surface area contributed by atoms with E-state index in [1.54, 1.807) is 49.6 Å². The van der Waals surface area contributed by atoms with E-state index in [1.165, 1.54) is 23.8 Å². The summed E-state index contributed by atoms with van der Waals surface area (Å²) in [5, 5.41) is 0.631. The fourth-order valence-electron chi connectivity index (χ4n) is 3.30. The first kappa shape index (κ1) is 20.5. The lowest BCUT2D eigenvalue weighted by molar-refractivity contribution is -0.137. The Balaban J connectivity index is 1.98. The molecule has 0 saturated heterocycles. The molecule has 0 fully saturated rings. The summed E-state index contributed by atoms with van der Waals surface area (Å²) < 4.78 is 50.6. The molecule has 0 amide bonds. The molecule has 0 N–H and O–H groups in total. The number of alkyl halides is 3. The van der Waals surface area contributed by atoms with Gasteiger partial charge in [0.15, 0.2) is 5.65 Å². The molecule has 0 aliphatic carbocycles. The molecule has 2 aromatic heterocycles. The highest BCUT2D eigenvalue weighted by Gasteiger charge is 2.30. The standard InChI is InChI=1S/C23H17F3N2O3/c1-30-18-10-3-14(4-11-18)19-13-15-5-12-20(31-2)27-21(15)28(22(19)29)17-8-6-16(7-9-17)23(24,25)26/h3-13H,1-2H3. The molecule has 31 heavy (non-hydrogen) atoms. The monoisotopic (exact) mass is 426 g/mol. The summed E-state index contributed by atoms with van der Waals surface area (Å²) in [6.45, 7) is 0. The maximum atomic E-state index is 13.4. The van der Waals surface area contributed by atoms with Gasteiger partial charge in [-0.15, -0.1) is 0 Å². The summed E-state index contributed by atoms with van der Waals surface area (Å²) in [6.07, 6.45) is -4.47. The number of ether oxygens (including phenoxy) is 2. The lowest BCUT2D eigenvalue weighted by Crippen LogP contribution is -2.21. The van der Waals surface area contributed by atoms with Gasteiger partial charge in [0.05, 0.1) is 25.5 Å². The Morgan fingerprint density at radius 3 is 2.13 bits per heavy atom. The third-order valence-corrected chi connectivity index (χ3v) is 4.89. The van der Waals surface area contributed by atoms with E-state index in [2.05, 4.69) is 4.98 Å². The van der Waals surface area contributed by atoms with E-state index in [4.69, 9.17) is 9.47 Å². The van der Waals surface area contributed by atoms with Crippen molar-refractivity contribution in [1.29, 1.82) is 0 Å². The first-order chi connectivity index (χ1) is 14.8. The number of hydrogen-bond donors (Lipinski definition) is 0. The molecule has 2 heterocycles. The smallest absolute Gasteiger partial charge is 0.416 e. The number of nitrogens with zero attached hydrogens (tertiary/aromatic N) is 2. The fourth-order valence-corrected chi connectivity index (χ4v) is 3.30. The Hall–Kier alpha value is -3.81. The minimum atomic E-state index is -4.47. The normalized spacial score (nSPS) is 11.5. The Kier molecular flexibility index (Phi) is 5.14. The van der Waals surface area contributed by atoms with Crippen molar-refractivity contribution in [2.24, 2.45) is 0 Å². The number of pyridine rings is 2. The number of rotatable bonds is 4. The molecule has 4 rings (SSSR count). The van der Waals surface area contributed by atoms with E-state index in [-0.39, 0.29) is 17.2 Å². The Bertz CT molecular complexity index is 1300. The summed E-state index contributed by atoms with van der Waals surface area (Å²) in [4.78, 5) is 17.8. The predicted molar refractivity (Wildman–Crippen MR) is 111 cm³/mol. The summed E-state index contributed by atoms with van der Waals surface area (Å²) in [5.74, 6) is 0.920. The van der Waals surface area contributed by atoms with E-state index in [1.807, 2.05) is 0 Å². The average molecular weight is 426 g/mol. The van der Waals surface area contributed by atoms with Gasteiger partial charge in [0.2, 0.25) is 5.88 Å². The van der Waals surface area contributed by atoms with Crippen molar-refractivity contribution in [2.75, 3.05) is 14.2 Å². The quantitative estimate of drug-likeness (QED) is 0.456. The van der Waals surface area contributed by atoms with Crippen molar-refractivity contribution in [3.63, 3.8) is 0 Å². The predicted octanol–water partition coefficient (Wildman–Crippen LogP) is 5.09. The molecular weight excluding hydrogens is 409 g/mol. The first-order valence-electron chi connectivity index (χ1n) is 9.24. The van der Waals surface area contributed by atoms with Gasteiger partial charge in [-0.25, -0.2) is 0 Å². The minimum absolute atomic E-state index is 0.263. The lowest BCUT2D eigenvalue weighted by atomic mass is 10.0. The lowest BCUT2D eigenvalue weighted by Gasteiger charge is -2.14. The number of methoxy groups -OCH3 is 2. The third-order valence-electron chi connectivity index (χ3n) is 4.89. The SMILES string of the molecule is COc1ccc(-c2cc3ccc(OC)nc3n(-c3ccc(C(F)(F)F)cc3)c2=O)cc1. The molecule has 0 aliphatic heterocycles. The van der Waals surface area contributed by atoms with Crippen LogP contribution in [0.15, 0.2) is 71.5 Å². The van der Waals surface area contributed by atoms with Gasteiger partial charge in [-0.2, -0.15) is 18.2 Å². The molecule has 5 nitrogen and oxygen atoms in total. The van der Waals surface area contributed by atoms with Crippen molar-refractivity contribution < 1.29 is 22.6 Å². The topological polar surface area (TPSA) is 53.4 Å². The Morgan fingerprint density at radius 1 is 0.871 bits per heavy atom. The van der Waals surface area contributed by atoms with Crippen molar-refractivity contribution in [2.45, 2.75) is 6.18 Å². The van der Waals surface area contributed by atoms with E-state index in [0.717, 1.165) is 12.1 Å². The van der Waals surface area contributed by atoms with Crippen LogP contribution >= 0.6 is 0 Å². The number of hydrogen-bond acceptors (Lipinski definition) is 4. The van der Waals surface area contributed by atoms with Crippen LogP contribution < -0.4 is 15.0 Å².